The minimum absolute atomic E-state index is 0.253. The van der Waals surface area contributed by atoms with Crippen molar-refractivity contribution in [1.29, 1.82) is 0 Å². The molecule has 0 radical (unpaired) electrons. The van der Waals surface area contributed by atoms with Crippen LogP contribution in [0.1, 0.15) is 12.8 Å². The largest absolute Gasteiger partial charge is 0.480 e. The molecule has 13 heavy (non-hydrogen) atoms. The molecule has 0 bridgehead atoms. The van der Waals surface area contributed by atoms with Crippen LogP contribution in [0.25, 0.3) is 0 Å². The molecule has 6 heteroatoms. The highest BCUT2D eigenvalue weighted by Gasteiger charge is 2.29. The van der Waals surface area contributed by atoms with Crippen LogP contribution in [0.3, 0.4) is 0 Å². The lowest BCUT2D eigenvalue weighted by Gasteiger charge is -2.06. The van der Waals surface area contributed by atoms with Gasteiger partial charge in [0.2, 0.25) is 0 Å². The normalized spacial score (nSPS) is 27.5. The third-order valence-corrected chi connectivity index (χ3v) is 2.35. The van der Waals surface area contributed by atoms with Gasteiger partial charge in [0.25, 0.3) is 0 Å². The summed E-state index contributed by atoms with van der Waals surface area (Å²) in [4.78, 5) is 10.5. The van der Waals surface area contributed by atoms with E-state index in [0.29, 0.717) is 25.7 Å². The van der Waals surface area contributed by atoms with E-state index in [4.69, 9.17) is 15.2 Å². The summed E-state index contributed by atoms with van der Waals surface area (Å²) in [6.45, 7) is 0.656. The van der Waals surface area contributed by atoms with E-state index < -0.39 is 19.1 Å². The van der Waals surface area contributed by atoms with Gasteiger partial charge in [0, 0.05) is 0 Å². The third-order valence-electron chi connectivity index (χ3n) is 2.35. The Labute approximate surface area is 76.9 Å². The van der Waals surface area contributed by atoms with E-state index in [1.165, 1.54) is 0 Å². The van der Waals surface area contributed by atoms with Crippen LogP contribution in [0.2, 0.25) is 6.32 Å². The summed E-state index contributed by atoms with van der Waals surface area (Å²) >= 11 is 0. The number of carboxylic acid groups (broad SMARTS) is 1. The van der Waals surface area contributed by atoms with Crippen LogP contribution in [0, 0.1) is 5.92 Å². The van der Waals surface area contributed by atoms with E-state index >= 15 is 0 Å². The molecule has 0 spiro atoms. The van der Waals surface area contributed by atoms with E-state index in [1.807, 2.05) is 0 Å². The van der Waals surface area contributed by atoms with Gasteiger partial charge in [-0.3, -0.25) is 4.79 Å². The van der Waals surface area contributed by atoms with Crippen LogP contribution in [0.5, 0.6) is 0 Å². The van der Waals surface area contributed by atoms with Crippen LogP contribution in [0.15, 0.2) is 0 Å². The van der Waals surface area contributed by atoms with Gasteiger partial charge in [-0.15, -0.1) is 0 Å². The molecule has 0 amide bonds. The number of carboxylic acids is 1. The first-order chi connectivity index (χ1) is 6.09. The fourth-order valence-corrected chi connectivity index (χ4v) is 1.60. The summed E-state index contributed by atoms with van der Waals surface area (Å²) in [5.41, 5.74) is 0. The van der Waals surface area contributed by atoms with Crippen molar-refractivity contribution in [3.63, 3.8) is 0 Å². The Morgan fingerprint density at radius 1 is 1.54 bits per heavy atom. The summed E-state index contributed by atoms with van der Waals surface area (Å²) in [5, 5.41) is 28.7. The average Bonchev–Trinajstić information content (AvgIpc) is 2.48. The second kappa shape index (κ2) is 4.60. The van der Waals surface area contributed by atoms with Crippen LogP contribution < -0.4 is 5.32 Å². The lowest BCUT2D eigenvalue weighted by Crippen LogP contribution is -2.29. The molecule has 0 aromatic heterocycles. The van der Waals surface area contributed by atoms with Gasteiger partial charge in [0.05, 0.1) is 0 Å². The average molecular weight is 187 g/mol. The molecule has 5 nitrogen and oxygen atoms in total. The van der Waals surface area contributed by atoms with E-state index in [0.717, 1.165) is 0 Å². The predicted molar refractivity (Wildman–Crippen MR) is 47.1 cm³/mol. The molecular weight excluding hydrogens is 173 g/mol. The molecule has 1 saturated heterocycles. The van der Waals surface area contributed by atoms with E-state index in [1.54, 1.807) is 0 Å². The number of aliphatic carboxylic acids is 1. The molecule has 1 rings (SSSR count). The fourth-order valence-electron chi connectivity index (χ4n) is 1.60. The van der Waals surface area contributed by atoms with E-state index in [2.05, 4.69) is 5.32 Å². The molecule has 1 fully saturated rings. The molecule has 0 aromatic rings. The number of carbonyl (C=O) groups is 1. The van der Waals surface area contributed by atoms with Gasteiger partial charge in [0.15, 0.2) is 0 Å². The molecule has 74 valence electrons. The van der Waals surface area contributed by atoms with Crippen LogP contribution in [0.4, 0.5) is 0 Å². The summed E-state index contributed by atoms with van der Waals surface area (Å²) in [7, 11) is -1.27. The number of hydrogen-bond acceptors (Lipinski definition) is 4. The zero-order chi connectivity index (χ0) is 9.84. The maximum atomic E-state index is 10.5. The first-order valence-corrected chi connectivity index (χ1v) is 4.42. The maximum Gasteiger partial charge on any atom is 0.451 e. The second-order valence-corrected chi connectivity index (χ2v) is 3.46. The van der Waals surface area contributed by atoms with E-state index in [-0.39, 0.29) is 5.92 Å². The van der Waals surface area contributed by atoms with Crippen molar-refractivity contribution in [2.24, 2.45) is 5.92 Å². The smallest absolute Gasteiger partial charge is 0.451 e. The SMILES string of the molecule is O=C(O)[C@@H]1CC(CCB(O)O)CN1. The highest BCUT2D eigenvalue weighted by Crippen LogP contribution is 2.19. The molecule has 0 aliphatic carbocycles. The Morgan fingerprint density at radius 2 is 2.23 bits per heavy atom. The highest BCUT2D eigenvalue weighted by molar-refractivity contribution is 6.40. The van der Waals surface area contributed by atoms with Crippen LogP contribution >= 0.6 is 0 Å². The molecule has 0 saturated carbocycles. The highest BCUT2D eigenvalue weighted by atomic mass is 16.4. The Hall–Kier alpha value is -0.585. The minimum atomic E-state index is -1.27. The van der Waals surface area contributed by atoms with Crippen molar-refractivity contribution in [2.75, 3.05) is 6.54 Å². The summed E-state index contributed by atoms with van der Waals surface area (Å²) < 4.78 is 0. The van der Waals surface area contributed by atoms with Crippen molar-refractivity contribution in [2.45, 2.75) is 25.2 Å². The zero-order valence-electron chi connectivity index (χ0n) is 7.31. The quantitative estimate of drug-likeness (QED) is 0.420. The summed E-state index contributed by atoms with van der Waals surface area (Å²) in [6, 6.07) is -0.458. The van der Waals surface area contributed by atoms with Crippen LogP contribution in [-0.4, -0.2) is 40.8 Å². The first-order valence-electron chi connectivity index (χ1n) is 4.42. The van der Waals surface area contributed by atoms with Gasteiger partial charge in [0.1, 0.15) is 6.04 Å². The zero-order valence-corrected chi connectivity index (χ0v) is 7.31. The van der Waals surface area contributed by atoms with Gasteiger partial charge in [-0.2, -0.15) is 0 Å². The first kappa shape index (κ1) is 10.5. The fraction of sp³-hybridized carbons (Fsp3) is 0.857. The molecule has 1 aliphatic heterocycles. The minimum Gasteiger partial charge on any atom is -0.480 e. The van der Waals surface area contributed by atoms with Crippen LogP contribution in [-0.2, 0) is 4.79 Å². The van der Waals surface area contributed by atoms with Gasteiger partial charge in [-0.1, -0.05) is 6.42 Å². The van der Waals surface area contributed by atoms with Crippen molar-refractivity contribution < 1.29 is 19.9 Å². The number of rotatable bonds is 4. The summed E-state index contributed by atoms with van der Waals surface area (Å²) in [6.07, 6.45) is 1.56. The van der Waals surface area contributed by atoms with Crippen molar-refractivity contribution in [3.8, 4) is 0 Å². The monoisotopic (exact) mass is 187 g/mol. The molecule has 1 unspecified atom stereocenters. The van der Waals surface area contributed by atoms with E-state index in [9.17, 15) is 4.79 Å². The summed E-state index contributed by atoms with van der Waals surface area (Å²) in [5.74, 6) is -0.574. The Kier molecular flexibility index (Phi) is 3.71. The van der Waals surface area contributed by atoms with Gasteiger partial charge >= 0.3 is 13.1 Å². The number of hydrogen-bond donors (Lipinski definition) is 4. The lowest BCUT2D eigenvalue weighted by atomic mass is 9.80. The molecule has 1 heterocycles. The van der Waals surface area contributed by atoms with Crippen molar-refractivity contribution in [3.05, 3.63) is 0 Å². The molecule has 4 N–H and O–H groups in total. The predicted octanol–water partition coefficient (Wildman–Crippen LogP) is -1.09. The van der Waals surface area contributed by atoms with Gasteiger partial charge < -0.3 is 20.5 Å². The molecule has 2 atom stereocenters. The molecule has 0 aromatic carbocycles. The van der Waals surface area contributed by atoms with Gasteiger partial charge in [-0.05, 0) is 25.2 Å². The Morgan fingerprint density at radius 3 is 2.69 bits per heavy atom. The molecule has 1 aliphatic rings. The Balaban J connectivity index is 2.21. The topological polar surface area (TPSA) is 89.8 Å². The molecular formula is C7H14BNO4. The second-order valence-electron chi connectivity index (χ2n) is 3.46. The lowest BCUT2D eigenvalue weighted by molar-refractivity contribution is -0.139. The number of nitrogens with one attached hydrogen (secondary N) is 1. The standard InChI is InChI=1S/C7H14BNO4/c10-7(11)6-3-5(4-9-6)1-2-8(12)13/h5-6,9,12-13H,1-4H2,(H,10,11)/t5?,6-/m0/s1. The van der Waals surface area contributed by atoms with Crippen molar-refractivity contribution in [1.82, 2.24) is 5.32 Å². The third kappa shape index (κ3) is 3.34. The Bertz CT molecular complexity index is 187. The van der Waals surface area contributed by atoms with Crippen molar-refractivity contribution >= 4 is 13.1 Å². The maximum absolute atomic E-state index is 10.5. The van der Waals surface area contributed by atoms with Gasteiger partial charge in [-0.25, -0.2) is 0 Å².